The summed E-state index contributed by atoms with van der Waals surface area (Å²) in [7, 11) is 0. The molecule has 0 fully saturated rings. The van der Waals surface area contributed by atoms with Crippen molar-refractivity contribution in [1.29, 1.82) is 0 Å². The third-order valence-electron chi connectivity index (χ3n) is 8.66. The Morgan fingerprint density at radius 1 is 0.659 bits per heavy atom. The highest BCUT2D eigenvalue weighted by molar-refractivity contribution is 6.22. The van der Waals surface area contributed by atoms with Gasteiger partial charge in [0.25, 0.3) is 0 Å². The molecular weight excluding hydrogens is 538 g/mol. The van der Waals surface area contributed by atoms with E-state index in [1.165, 1.54) is 32.8 Å². The Kier molecular flexibility index (Phi) is 5.56. The maximum absolute atomic E-state index is 5.16. The van der Waals surface area contributed by atoms with Gasteiger partial charge in [-0.2, -0.15) is 9.97 Å². The van der Waals surface area contributed by atoms with Crippen molar-refractivity contribution in [2.75, 3.05) is 4.90 Å². The zero-order chi connectivity index (χ0) is 29.0. The average Bonchev–Trinajstić information content (AvgIpc) is 3.43. The van der Waals surface area contributed by atoms with Gasteiger partial charge in [0.2, 0.25) is 5.95 Å². The summed E-state index contributed by atoms with van der Waals surface area (Å²) in [6.07, 6.45) is 12.8. The van der Waals surface area contributed by atoms with E-state index in [0.29, 0.717) is 11.8 Å². The van der Waals surface area contributed by atoms with E-state index in [0.717, 1.165) is 46.5 Å². The number of anilines is 2. The molecule has 5 heteroatoms. The Morgan fingerprint density at radius 3 is 2.30 bits per heavy atom. The van der Waals surface area contributed by atoms with Crippen LogP contribution in [0.2, 0.25) is 0 Å². The van der Waals surface area contributed by atoms with Crippen LogP contribution in [0.4, 0.5) is 11.4 Å². The molecule has 2 aromatic heterocycles. The quantitative estimate of drug-likeness (QED) is 0.213. The smallest absolute Gasteiger partial charge is 0.238 e. The summed E-state index contributed by atoms with van der Waals surface area (Å²) in [5, 5.41) is 4.80. The van der Waals surface area contributed by atoms with Crippen LogP contribution in [0.15, 0.2) is 134 Å². The fraction of sp³-hybridized carbons (Fsp3) is 0.0513. The van der Waals surface area contributed by atoms with Gasteiger partial charge in [0.15, 0.2) is 11.6 Å². The van der Waals surface area contributed by atoms with Crippen molar-refractivity contribution in [3.05, 3.63) is 145 Å². The normalized spacial score (nSPS) is 14.1. The zero-order valence-corrected chi connectivity index (χ0v) is 23.9. The van der Waals surface area contributed by atoms with Crippen molar-refractivity contribution in [1.82, 2.24) is 19.5 Å². The summed E-state index contributed by atoms with van der Waals surface area (Å²) < 4.78 is 2.22. The number of benzene rings is 5. The minimum atomic E-state index is 0.629. The number of hydrogen-bond donors (Lipinski definition) is 0. The number of hydrogen-bond acceptors (Lipinski definition) is 4. The summed E-state index contributed by atoms with van der Waals surface area (Å²) in [4.78, 5) is 17.5. The second-order valence-corrected chi connectivity index (χ2v) is 11.2. The lowest BCUT2D eigenvalue weighted by molar-refractivity contribution is 0.913. The number of nitrogens with zero attached hydrogens (tertiary/aromatic N) is 5. The van der Waals surface area contributed by atoms with Gasteiger partial charge in [0, 0.05) is 33.6 Å². The molecule has 0 spiro atoms. The highest BCUT2D eigenvalue weighted by atomic mass is 15.2. The molecule has 5 nitrogen and oxygen atoms in total. The summed E-state index contributed by atoms with van der Waals surface area (Å²) in [5.74, 6) is 2.03. The molecule has 9 rings (SSSR count). The molecule has 2 aliphatic rings. The van der Waals surface area contributed by atoms with Gasteiger partial charge in [-0.25, -0.2) is 4.98 Å². The van der Waals surface area contributed by atoms with E-state index in [2.05, 4.69) is 131 Å². The lowest BCUT2D eigenvalue weighted by atomic mass is 9.94. The van der Waals surface area contributed by atoms with E-state index in [1.54, 1.807) is 0 Å². The van der Waals surface area contributed by atoms with Gasteiger partial charge in [0.05, 0.1) is 16.7 Å². The number of allylic oxidation sites excluding steroid dienone is 4. The number of aromatic nitrogens is 4. The first kappa shape index (κ1) is 24.8. The Hall–Kier alpha value is -5.81. The molecule has 44 heavy (non-hydrogen) atoms. The summed E-state index contributed by atoms with van der Waals surface area (Å²) in [6, 6.07) is 38.2. The highest BCUT2D eigenvalue weighted by Crippen LogP contribution is 2.45. The zero-order valence-electron chi connectivity index (χ0n) is 23.9. The topological polar surface area (TPSA) is 46.8 Å². The van der Waals surface area contributed by atoms with Crippen LogP contribution < -0.4 is 4.90 Å². The summed E-state index contributed by atoms with van der Waals surface area (Å²) >= 11 is 0. The molecule has 0 saturated carbocycles. The van der Waals surface area contributed by atoms with Crippen LogP contribution >= 0.6 is 0 Å². The molecule has 0 amide bonds. The molecule has 0 saturated heterocycles. The van der Waals surface area contributed by atoms with Crippen LogP contribution in [0.25, 0.3) is 61.6 Å². The molecule has 0 N–H and O–H groups in total. The molecule has 7 aromatic rings. The number of rotatable bonds is 4. The van der Waals surface area contributed by atoms with Gasteiger partial charge < -0.3 is 4.90 Å². The molecule has 208 valence electrons. The fourth-order valence-corrected chi connectivity index (χ4v) is 6.66. The van der Waals surface area contributed by atoms with Gasteiger partial charge in [-0.3, -0.25) is 4.57 Å². The van der Waals surface area contributed by atoms with Crippen molar-refractivity contribution < 1.29 is 0 Å². The van der Waals surface area contributed by atoms with Crippen molar-refractivity contribution in [3.8, 4) is 17.3 Å². The third kappa shape index (κ3) is 3.83. The Morgan fingerprint density at radius 2 is 1.45 bits per heavy atom. The maximum Gasteiger partial charge on any atom is 0.238 e. The predicted molar refractivity (Wildman–Crippen MR) is 181 cm³/mol. The SMILES string of the molecule is C1=CCCC(c2nc(-c3ccccc3)nc(-n3c4ccccc4c4c5c6c(cccc6cc43)N(c3ccccc3)C=C5)n2)=C1. The molecule has 1 aliphatic heterocycles. The van der Waals surface area contributed by atoms with Crippen LogP contribution in [0.3, 0.4) is 0 Å². The van der Waals surface area contributed by atoms with Crippen LogP contribution in [-0.4, -0.2) is 19.5 Å². The van der Waals surface area contributed by atoms with Gasteiger partial charge in [-0.1, -0.05) is 97.1 Å². The third-order valence-corrected chi connectivity index (χ3v) is 8.66. The van der Waals surface area contributed by atoms with Crippen LogP contribution in [0.5, 0.6) is 0 Å². The largest absolute Gasteiger partial charge is 0.317 e. The van der Waals surface area contributed by atoms with Crippen molar-refractivity contribution in [2.45, 2.75) is 12.8 Å². The first-order valence-corrected chi connectivity index (χ1v) is 15.0. The van der Waals surface area contributed by atoms with E-state index in [1.807, 2.05) is 18.2 Å². The average molecular weight is 566 g/mol. The maximum atomic E-state index is 5.16. The minimum absolute atomic E-state index is 0.629. The molecule has 0 bridgehead atoms. The molecule has 0 atom stereocenters. The lowest BCUT2D eigenvalue weighted by Crippen LogP contribution is -2.12. The Labute approximate surface area is 254 Å². The minimum Gasteiger partial charge on any atom is -0.317 e. The molecule has 3 heterocycles. The molecule has 0 unspecified atom stereocenters. The Bertz CT molecular complexity index is 2330. The van der Waals surface area contributed by atoms with E-state index < -0.39 is 0 Å². The summed E-state index contributed by atoms with van der Waals surface area (Å²) in [5.41, 5.74) is 7.79. The molecule has 1 aliphatic carbocycles. The number of para-hydroxylation sites is 2. The van der Waals surface area contributed by atoms with Crippen LogP contribution in [0.1, 0.15) is 24.2 Å². The summed E-state index contributed by atoms with van der Waals surface area (Å²) in [6.45, 7) is 0. The predicted octanol–water partition coefficient (Wildman–Crippen LogP) is 9.64. The second-order valence-electron chi connectivity index (χ2n) is 11.2. The van der Waals surface area contributed by atoms with Gasteiger partial charge in [0.1, 0.15) is 0 Å². The fourth-order valence-electron chi connectivity index (χ4n) is 6.66. The molecule has 0 radical (unpaired) electrons. The highest BCUT2D eigenvalue weighted by Gasteiger charge is 2.24. The van der Waals surface area contributed by atoms with Gasteiger partial charge in [-0.15, -0.1) is 0 Å². The van der Waals surface area contributed by atoms with Crippen molar-refractivity contribution >= 4 is 55.6 Å². The van der Waals surface area contributed by atoms with E-state index >= 15 is 0 Å². The van der Waals surface area contributed by atoms with Gasteiger partial charge >= 0.3 is 0 Å². The molecular formula is C39H27N5. The second kappa shape index (κ2) is 9.89. The van der Waals surface area contributed by atoms with Crippen molar-refractivity contribution in [2.24, 2.45) is 0 Å². The van der Waals surface area contributed by atoms with E-state index in [4.69, 9.17) is 15.0 Å². The first-order valence-electron chi connectivity index (χ1n) is 15.0. The Balaban J connectivity index is 1.35. The van der Waals surface area contributed by atoms with Crippen LogP contribution in [0, 0.1) is 0 Å². The van der Waals surface area contributed by atoms with Gasteiger partial charge in [-0.05, 0) is 65.8 Å². The standard InChI is InChI=1S/C39H27N5/c1-4-13-26(14-5-1)37-40-38(27-15-6-2-7-16-27)42-39(41-37)44-32-21-11-10-20-30(32)36-31-23-24-43(29-18-8-3-9-19-29)33-22-12-17-28(35(31)33)25-34(36)44/h1-6,8-15,17-25H,7,16H2. The van der Waals surface area contributed by atoms with E-state index in [9.17, 15) is 0 Å². The first-order chi connectivity index (χ1) is 21.8. The van der Waals surface area contributed by atoms with Crippen molar-refractivity contribution in [3.63, 3.8) is 0 Å². The molecule has 5 aromatic carbocycles. The lowest BCUT2D eigenvalue weighted by Gasteiger charge is -2.27. The van der Waals surface area contributed by atoms with E-state index in [-0.39, 0.29) is 0 Å². The number of fused-ring (bicyclic) bond motifs is 4. The van der Waals surface area contributed by atoms with Crippen LogP contribution in [-0.2, 0) is 0 Å². The monoisotopic (exact) mass is 565 g/mol.